The highest BCUT2D eigenvalue weighted by atomic mass is 79.9. The molecule has 19 heavy (non-hydrogen) atoms. The Morgan fingerprint density at radius 1 is 0.842 bits per heavy atom. The first-order valence-corrected chi connectivity index (χ1v) is 8.09. The largest absolute Gasteiger partial charge is 0.113 e. The molecule has 0 saturated heterocycles. The van der Waals surface area contributed by atoms with Crippen molar-refractivity contribution in [3.8, 4) is 0 Å². The first-order chi connectivity index (χ1) is 8.90. The minimum absolute atomic E-state index is 0.122. The first kappa shape index (κ1) is 15.1. The third kappa shape index (κ3) is 3.24. The molecule has 0 radical (unpaired) electrons. The molecule has 0 fully saturated rings. The number of rotatable bonds is 2. The minimum atomic E-state index is -0.122. The van der Waals surface area contributed by atoms with Gasteiger partial charge in [0.15, 0.2) is 0 Å². The standard InChI is InChI=1S/C16H15Br2Cl/c1-9-4-5-12(8-15(9)18)16(19)13-6-11(3)14(17)7-10(13)2/h4-8,16H,1-3H3. The van der Waals surface area contributed by atoms with Crippen molar-refractivity contribution in [1.29, 1.82) is 0 Å². The Bertz CT molecular complexity index is 620. The molecular weight excluding hydrogens is 387 g/mol. The van der Waals surface area contributed by atoms with Crippen LogP contribution in [0.1, 0.15) is 33.2 Å². The van der Waals surface area contributed by atoms with Crippen LogP contribution in [0.25, 0.3) is 0 Å². The number of halogens is 3. The van der Waals surface area contributed by atoms with Crippen LogP contribution in [0.15, 0.2) is 39.3 Å². The van der Waals surface area contributed by atoms with Gasteiger partial charge in [-0.3, -0.25) is 0 Å². The van der Waals surface area contributed by atoms with Crippen molar-refractivity contribution in [2.75, 3.05) is 0 Å². The summed E-state index contributed by atoms with van der Waals surface area (Å²) in [6.07, 6.45) is 0. The minimum Gasteiger partial charge on any atom is -0.113 e. The zero-order chi connectivity index (χ0) is 14.2. The highest BCUT2D eigenvalue weighted by Gasteiger charge is 2.15. The maximum absolute atomic E-state index is 6.65. The Morgan fingerprint density at radius 2 is 1.47 bits per heavy atom. The fourth-order valence-corrected chi connectivity index (χ4v) is 3.25. The zero-order valence-corrected chi connectivity index (χ0v) is 15.0. The summed E-state index contributed by atoms with van der Waals surface area (Å²) in [6.45, 7) is 6.26. The van der Waals surface area contributed by atoms with Crippen molar-refractivity contribution in [2.45, 2.75) is 26.1 Å². The van der Waals surface area contributed by atoms with Gasteiger partial charge < -0.3 is 0 Å². The van der Waals surface area contributed by atoms with E-state index in [1.807, 2.05) is 0 Å². The van der Waals surface area contributed by atoms with Crippen LogP contribution >= 0.6 is 43.5 Å². The normalized spacial score (nSPS) is 12.5. The molecule has 0 aliphatic carbocycles. The predicted molar refractivity (Wildman–Crippen MR) is 90.2 cm³/mol. The van der Waals surface area contributed by atoms with Crippen LogP contribution in [0, 0.1) is 20.8 Å². The van der Waals surface area contributed by atoms with E-state index in [0.717, 1.165) is 20.1 Å². The number of aryl methyl sites for hydroxylation is 3. The molecule has 0 bridgehead atoms. The average Bonchev–Trinajstić information content (AvgIpc) is 2.36. The van der Waals surface area contributed by atoms with E-state index < -0.39 is 0 Å². The quantitative estimate of drug-likeness (QED) is 0.505. The van der Waals surface area contributed by atoms with Crippen LogP contribution < -0.4 is 0 Å². The number of hydrogen-bond acceptors (Lipinski definition) is 0. The summed E-state index contributed by atoms with van der Waals surface area (Å²) in [6, 6.07) is 10.6. The van der Waals surface area contributed by atoms with Gasteiger partial charge in [0.05, 0.1) is 5.38 Å². The molecule has 0 aliphatic heterocycles. The molecule has 0 aliphatic rings. The third-order valence-corrected chi connectivity index (χ3v) is 5.50. The molecule has 100 valence electrons. The second kappa shape index (κ2) is 5.99. The molecule has 2 aromatic carbocycles. The van der Waals surface area contributed by atoms with E-state index in [-0.39, 0.29) is 5.38 Å². The summed E-state index contributed by atoms with van der Waals surface area (Å²) < 4.78 is 2.23. The van der Waals surface area contributed by atoms with Gasteiger partial charge in [-0.15, -0.1) is 11.6 Å². The molecule has 0 aromatic heterocycles. The van der Waals surface area contributed by atoms with Crippen molar-refractivity contribution < 1.29 is 0 Å². The Kier molecular flexibility index (Phi) is 4.75. The number of alkyl halides is 1. The van der Waals surface area contributed by atoms with Crippen LogP contribution in [-0.4, -0.2) is 0 Å². The van der Waals surface area contributed by atoms with Crippen molar-refractivity contribution in [1.82, 2.24) is 0 Å². The number of hydrogen-bond donors (Lipinski definition) is 0. The Hall–Kier alpha value is -0.310. The molecule has 0 nitrogen and oxygen atoms in total. The van der Waals surface area contributed by atoms with E-state index >= 15 is 0 Å². The summed E-state index contributed by atoms with van der Waals surface area (Å²) in [5.74, 6) is 0. The second-order valence-electron chi connectivity index (χ2n) is 4.83. The predicted octanol–water partition coefficient (Wildman–Crippen LogP) is 6.47. The van der Waals surface area contributed by atoms with Gasteiger partial charge >= 0.3 is 0 Å². The lowest BCUT2D eigenvalue weighted by atomic mass is 9.97. The highest BCUT2D eigenvalue weighted by Crippen LogP contribution is 2.35. The summed E-state index contributed by atoms with van der Waals surface area (Å²) in [7, 11) is 0. The molecule has 2 aromatic rings. The van der Waals surface area contributed by atoms with Crippen molar-refractivity contribution in [3.63, 3.8) is 0 Å². The summed E-state index contributed by atoms with van der Waals surface area (Å²) >= 11 is 13.8. The SMILES string of the molecule is Cc1ccc(C(Cl)c2cc(C)c(Br)cc2C)cc1Br. The Morgan fingerprint density at radius 3 is 2.11 bits per heavy atom. The summed E-state index contributed by atoms with van der Waals surface area (Å²) in [4.78, 5) is 0. The Labute approximate surface area is 136 Å². The van der Waals surface area contributed by atoms with E-state index in [9.17, 15) is 0 Å². The zero-order valence-electron chi connectivity index (χ0n) is 11.1. The van der Waals surface area contributed by atoms with Gasteiger partial charge in [-0.2, -0.15) is 0 Å². The van der Waals surface area contributed by atoms with Crippen molar-refractivity contribution >= 4 is 43.5 Å². The van der Waals surface area contributed by atoms with Gasteiger partial charge in [-0.1, -0.05) is 50.1 Å². The molecule has 0 spiro atoms. The van der Waals surface area contributed by atoms with E-state index in [2.05, 4.69) is 83.0 Å². The molecule has 0 heterocycles. The van der Waals surface area contributed by atoms with Gasteiger partial charge in [-0.05, 0) is 60.7 Å². The van der Waals surface area contributed by atoms with Gasteiger partial charge in [0.2, 0.25) is 0 Å². The van der Waals surface area contributed by atoms with Crippen LogP contribution in [0.2, 0.25) is 0 Å². The van der Waals surface area contributed by atoms with Gasteiger partial charge in [-0.25, -0.2) is 0 Å². The molecule has 3 heteroatoms. The van der Waals surface area contributed by atoms with Gasteiger partial charge in [0.1, 0.15) is 0 Å². The van der Waals surface area contributed by atoms with Crippen molar-refractivity contribution in [3.05, 3.63) is 67.1 Å². The van der Waals surface area contributed by atoms with Crippen LogP contribution in [0.3, 0.4) is 0 Å². The molecule has 2 rings (SSSR count). The Balaban J connectivity index is 2.46. The van der Waals surface area contributed by atoms with Gasteiger partial charge in [0, 0.05) is 8.95 Å². The lowest BCUT2D eigenvalue weighted by Gasteiger charge is -2.16. The van der Waals surface area contributed by atoms with Crippen LogP contribution in [0.4, 0.5) is 0 Å². The lowest BCUT2D eigenvalue weighted by Crippen LogP contribution is -1.98. The first-order valence-electron chi connectivity index (χ1n) is 6.07. The fourth-order valence-electron chi connectivity index (χ4n) is 2.02. The molecule has 1 atom stereocenters. The molecule has 0 N–H and O–H groups in total. The van der Waals surface area contributed by atoms with E-state index in [4.69, 9.17) is 11.6 Å². The monoisotopic (exact) mass is 400 g/mol. The molecule has 1 unspecified atom stereocenters. The second-order valence-corrected chi connectivity index (χ2v) is 6.97. The lowest BCUT2D eigenvalue weighted by molar-refractivity contribution is 1.09. The maximum atomic E-state index is 6.65. The third-order valence-electron chi connectivity index (χ3n) is 3.31. The van der Waals surface area contributed by atoms with Crippen LogP contribution in [0.5, 0.6) is 0 Å². The van der Waals surface area contributed by atoms with E-state index in [1.54, 1.807) is 0 Å². The molecule has 0 amide bonds. The van der Waals surface area contributed by atoms with E-state index in [0.29, 0.717) is 0 Å². The average molecular weight is 403 g/mol. The summed E-state index contributed by atoms with van der Waals surface area (Å²) in [5.41, 5.74) is 5.91. The number of benzene rings is 2. The van der Waals surface area contributed by atoms with Gasteiger partial charge in [0.25, 0.3) is 0 Å². The summed E-state index contributed by atoms with van der Waals surface area (Å²) in [5, 5.41) is -0.122. The topological polar surface area (TPSA) is 0 Å². The highest BCUT2D eigenvalue weighted by molar-refractivity contribution is 9.10. The molecule has 0 saturated carbocycles. The van der Waals surface area contributed by atoms with Crippen LogP contribution in [-0.2, 0) is 0 Å². The maximum Gasteiger partial charge on any atom is 0.0838 e. The fraction of sp³-hybridized carbons (Fsp3) is 0.250. The van der Waals surface area contributed by atoms with Crippen molar-refractivity contribution in [2.24, 2.45) is 0 Å². The molecular formula is C16H15Br2Cl. The smallest absolute Gasteiger partial charge is 0.0838 e. The van der Waals surface area contributed by atoms with E-state index in [1.165, 1.54) is 16.7 Å².